The van der Waals surface area contributed by atoms with Crippen molar-refractivity contribution in [2.24, 2.45) is 0 Å². The van der Waals surface area contributed by atoms with Crippen molar-refractivity contribution in [3.8, 4) is 5.75 Å². The van der Waals surface area contributed by atoms with Gasteiger partial charge in [0.1, 0.15) is 17.0 Å². The molecular formula is C38H16N4O5. The molecule has 0 radical (unpaired) electrons. The zero-order valence-electron chi connectivity index (χ0n) is 24.0. The van der Waals surface area contributed by atoms with Gasteiger partial charge in [-0.25, -0.2) is 0 Å². The first-order chi connectivity index (χ1) is 22.9. The predicted octanol–water partition coefficient (Wildman–Crippen LogP) is 5.70. The highest BCUT2D eigenvalue weighted by molar-refractivity contribution is 6.27. The second-order valence-electron chi connectivity index (χ2n) is 12.6. The first kappa shape index (κ1) is 23.6. The highest BCUT2D eigenvalue weighted by Crippen LogP contribution is 2.40. The number of rotatable bonds is 0. The van der Waals surface area contributed by atoms with E-state index in [1.807, 2.05) is 36.4 Å². The fourth-order valence-corrected chi connectivity index (χ4v) is 8.65. The van der Waals surface area contributed by atoms with Gasteiger partial charge in [-0.05, 0) is 60.7 Å². The van der Waals surface area contributed by atoms with Crippen molar-refractivity contribution in [1.82, 2.24) is 18.8 Å². The van der Waals surface area contributed by atoms with Crippen molar-refractivity contribution in [2.75, 3.05) is 0 Å². The van der Waals surface area contributed by atoms with E-state index in [1.165, 1.54) is 6.07 Å². The van der Waals surface area contributed by atoms with E-state index in [4.69, 9.17) is 0 Å². The number of hydrogen-bond donors (Lipinski definition) is 3. The number of nitrogens with zero attached hydrogens (tertiary/aromatic N) is 2. The quantitative estimate of drug-likeness (QED) is 0.204. The summed E-state index contributed by atoms with van der Waals surface area (Å²) in [6.07, 6.45) is 0. The predicted molar refractivity (Wildman–Crippen MR) is 184 cm³/mol. The molecule has 0 bridgehead atoms. The van der Waals surface area contributed by atoms with E-state index >= 15 is 0 Å². The molecule has 0 atom stereocenters. The summed E-state index contributed by atoms with van der Waals surface area (Å²) < 4.78 is 3.20. The van der Waals surface area contributed by atoms with Crippen molar-refractivity contribution in [1.29, 1.82) is 0 Å². The Balaban J connectivity index is 1.44. The molecular weight excluding hydrogens is 592 g/mol. The number of phenols is 1. The fraction of sp³-hybridized carbons (Fsp3) is 0. The van der Waals surface area contributed by atoms with E-state index in [9.17, 15) is 24.3 Å². The van der Waals surface area contributed by atoms with E-state index in [2.05, 4.69) is 9.97 Å². The Morgan fingerprint density at radius 2 is 0.979 bits per heavy atom. The molecule has 10 aromatic rings. The minimum absolute atomic E-state index is 0.0601. The van der Waals surface area contributed by atoms with Gasteiger partial charge in [-0.15, -0.1) is 0 Å². The molecule has 218 valence electrons. The second-order valence-corrected chi connectivity index (χ2v) is 12.6. The van der Waals surface area contributed by atoms with Gasteiger partial charge in [0.05, 0.1) is 22.1 Å². The number of aromatic amines is 2. The third kappa shape index (κ3) is 2.38. The summed E-state index contributed by atoms with van der Waals surface area (Å²) in [6.45, 7) is 0. The number of pyridine rings is 2. The van der Waals surface area contributed by atoms with Gasteiger partial charge in [-0.2, -0.15) is 0 Å². The van der Waals surface area contributed by atoms with Crippen LogP contribution < -0.4 is 22.0 Å². The minimum atomic E-state index is -0.333. The number of nitrogens with one attached hydrogen (secondary N) is 2. The summed E-state index contributed by atoms with van der Waals surface area (Å²) in [5.74, 6) is 0.0601. The van der Waals surface area contributed by atoms with Crippen LogP contribution in [0.15, 0.2) is 98.0 Å². The zero-order valence-corrected chi connectivity index (χ0v) is 24.0. The van der Waals surface area contributed by atoms with Crippen LogP contribution in [0.5, 0.6) is 5.75 Å². The van der Waals surface area contributed by atoms with Gasteiger partial charge in [-0.3, -0.25) is 28.0 Å². The van der Waals surface area contributed by atoms with Crippen LogP contribution in [0.2, 0.25) is 0 Å². The molecule has 2 aliphatic rings. The molecule has 0 saturated heterocycles. The summed E-state index contributed by atoms with van der Waals surface area (Å²) in [7, 11) is 0. The largest absolute Gasteiger partial charge is 0.508 e. The first-order valence-electron chi connectivity index (χ1n) is 15.2. The number of H-pyrrole nitrogens is 2. The minimum Gasteiger partial charge on any atom is -0.508 e. The van der Waals surface area contributed by atoms with Crippen LogP contribution in [0.1, 0.15) is 0 Å². The molecule has 0 saturated carbocycles. The van der Waals surface area contributed by atoms with E-state index in [0.717, 1.165) is 16.4 Å². The molecule has 9 heteroatoms. The zero-order chi connectivity index (χ0) is 31.2. The third-order valence-corrected chi connectivity index (χ3v) is 10.5. The lowest BCUT2D eigenvalue weighted by Crippen LogP contribution is -2.18. The van der Waals surface area contributed by atoms with E-state index in [-0.39, 0.29) is 27.7 Å². The molecule has 0 amide bonds. The van der Waals surface area contributed by atoms with Gasteiger partial charge < -0.3 is 15.1 Å². The van der Waals surface area contributed by atoms with Crippen molar-refractivity contribution >= 4 is 98.0 Å². The van der Waals surface area contributed by atoms with Crippen LogP contribution in [0, 0.1) is 10.4 Å². The topological polar surface area (TPSA) is 129 Å². The van der Waals surface area contributed by atoms with Crippen molar-refractivity contribution in [2.45, 2.75) is 0 Å². The summed E-state index contributed by atoms with van der Waals surface area (Å²) in [5.41, 5.74) is 2.71. The highest BCUT2D eigenvalue weighted by Gasteiger charge is 2.26. The Hall–Kier alpha value is -6.74. The average molecular weight is 609 g/mol. The maximum atomic E-state index is 14.5. The molecule has 9 nitrogen and oxygen atoms in total. The van der Waals surface area contributed by atoms with E-state index < -0.39 is 0 Å². The molecule has 0 unspecified atom stereocenters. The summed E-state index contributed by atoms with van der Waals surface area (Å²) in [4.78, 5) is 64.4. The van der Waals surface area contributed by atoms with Crippen LogP contribution in [0.25, 0.3) is 98.0 Å². The number of aromatic nitrogens is 4. The molecule has 0 aliphatic heterocycles. The van der Waals surface area contributed by atoms with Gasteiger partial charge in [0.15, 0.2) is 10.9 Å². The van der Waals surface area contributed by atoms with Crippen LogP contribution in [0.3, 0.4) is 0 Å². The summed E-state index contributed by atoms with van der Waals surface area (Å²) >= 11 is 0. The van der Waals surface area contributed by atoms with Crippen LogP contribution >= 0.6 is 0 Å². The number of hydrogen-bond acceptors (Lipinski definition) is 5. The first-order valence-corrected chi connectivity index (χ1v) is 15.2. The van der Waals surface area contributed by atoms with Gasteiger partial charge in [0, 0.05) is 81.1 Å². The van der Waals surface area contributed by atoms with Gasteiger partial charge in [0.25, 0.3) is 11.1 Å². The van der Waals surface area contributed by atoms with Crippen molar-refractivity contribution in [3.63, 3.8) is 0 Å². The summed E-state index contributed by atoms with van der Waals surface area (Å²) in [6, 6.07) is 22.9. The van der Waals surface area contributed by atoms with Crippen molar-refractivity contribution in [3.05, 3.63) is 130 Å². The Labute approximate surface area is 257 Å². The van der Waals surface area contributed by atoms with Crippen LogP contribution in [-0.2, 0) is 0 Å². The monoisotopic (exact) mass is 608 g/mol. The Kier molecular flexibility index (Phi) is 3.62. The van der Waals surface area contributed by atoms with Gasteiger partial charge in [0.2, 0.25) is 0 Å². The SMILES string of the molecule is O=c1c2cc3c(=O)n4c5ccc(O)cc5[nH]c4c4ccc5c(=O)c6cc7c(=O)n8c9ccccc9[nH]c8c8ccc1c(c6=c2c5c34)c78. The Morgan fingerprint density at radius 1 is 0.468 bits per heavy atom. The van der Waals surface area contributed by atoms with E-state index in [0.29, 0.717) is 92.0 Å². The molecule has 6 aromatic carbocycles. The molecule has 47 heavy (non-hydrogen) atoms. The lowest BCUT2D eigenvalue weighted by molar-refractivity contribution is 0.476. The molecule has 4 aromatic heterocycles. The average Bonchev–Trinajstić information content (AvgIpc) is 3.66. The van der Waals surface area contributed by atoms with Crippen LogP contribution in [-0.4, -0.2) is 23.9 Å². The third-order valence-electron chi connectivity index (χ3n) is 10.5. The standard InChI is InChI=1S/C38H16N4O5/c43-14-5-10-26-24(11-14)40-36-18-9-7-16-30-28(18)22(38(47)42(26)36)13-20-32(30)31-19(34(16)45)12-21-27-17(8-6-15(29(27)31)33(20)44)35-39-23-3-1-2-4-25(23)41(35)37(21)46/h1-13,39-40,43H. The maximum absolute atomic E-state index is 14.5. The Bertz CT molecular complexity index is 3740. The van der Waals surface area contributed by atoms with Gasteiger partial charge >= 0.3 is 0 Å². The lowest BCUT2D eigenvalue weighted by atomic mass is 9.85. The molecule has 3 N–H and O–H groups in total. The summed E-state index contributed by atoms with van der Waals surface area (Å²) in [5, 5.41) is 17.5. The molecule has 12 rings (SSSR count). The van der Waals surface area contributed by atoms with Crippen LogP contribution in [0.4, 0.5) is 0 Å². The lowest BCUT2D eigenvalue weighted by Gasteiger charge is -2.17. The molecule has 0 spiro atoms. The Morgan fingerprint density at radius 3 is 1.57 bits per heavy atom. The van der Waals surface area contributed by atoms with Gasteiger partial charge in [-0.1, -0.05) is 12.1 Å². The smallest absolute Gasteiger partial charge is 0.264 e. The number of imidazole rings is 2. The fourth-order valence-electron chi connectivity index (χ4n) is 8.65. The van der Waals surface area contributed by atoms with E-state index in [1.54, 1.807) is 45.2 Å². The number of fused-ring (bicyclic) bond motifs is 8. The molecule has 0 fully saturated rings. The van der Waals surface area contributed by atoms with Crippen molar-refractivity contribution < 1.29 is 5.11 Å². The number of aromatic hydroxyl groups is 1. The molecule has 4 heterocycles. The second kappa shape index (κ2) is 7.21. The normalized spacial score (nSPS) is 13.1. The highest BCUT2D eigenvalue weighted by atomic mass is 16.3. The number of phenolic OH excluding ortho intramolecular Hbond substituents is 1. The maximum Gasteiger partial charge on any atom is 0.264 e. The molecule has 2 aliphatic carbocycles. The number of benzene rings is 6. The number of para-hydroxylation sites is 2.